The van der Waals surface area contributed by atoms with Gasteiger partial charge in [0.15, 0.2) is 0 Å². The van der Waals surface area contributed by atoms with E-state index in [2.05, 4.69) is 16.9 Å². The van der Waals surface area contributed by atoms with Crippen molar-refractivity contribution in [1.29, 1.82) is 0 Å². The summed E-state index contributed by atoms with van der Waals surface area (Å²) in [5.41, 5.74) is 6.82. The van der Waals surface area contributed by atoms with Gasteiger partial charge in [0.2, 0.25) is 5.91 Å². The van der Waals surface area contributed by atoms with Gasteiger partial charge in [-0.15, -0.1) is 0 Å². The number of hydrogen-bond donors (Lipinski definition) is 1. The zero-order valence-corrected chi connectivity index (χ0v) is 17.8. The Morgan fingerprint density at radius 2 is 1.94 bits per heavy atom. The Morgan fingerprint density at radius 1 is 1.10 bits per heavy atom. The molecule has 0 aliphatic carbocycles. The highest BCUT2D eigenvalue weighted by Gasteiger charge is 2.25. The summed E-state index contributed by atoms with van der Waals surface area (Å²) in [5.74, 6) is -0.140. The van der Waals surface area contributed by atoms with Gasteiger partial charge in [0, 0.05) is 35.4 Å². The van der Waals surface area contributed by atoms with E-state index in [4.69, 9.17) is 0 Å². The monoisotopic (exact) mass is 411 g/mol. The molecule has 5 heteroatoms. The summed E-state index contributed by atoms with van der Waals surface area (Å²) in [4.78, 5) is 31.7. The lowest BCUT2D eigenvalue weighted by molar-refractivity contribution is -0.117. The first-order valence-corrected chi connectivity index (χ1v) is 10.3. The number of anilines is 2. The van der Waals surface area contributed by atoms with E-state index >= 15 is 0 Å². The fourth-order valence-corrected chi connectivity index (χ4v) is 3.90. The normalized spacial score (nSPS) is 12.4. The number of fused-ring (bicyclic) bond motifs is 1. The Balaban J connectivity index is 1.50. The maximum atomic E-state index is 12.9. The molecule has 5 nitrogen and oxygen atoms in total. The number of aryl methyl sites for hydroxylation is 1. The third kappa shape index (κ3) is 4.40. The van der Waals surface area contributed by atoms with E-state index < -0.39 is 0 Å². The van der Waals surface area contributed by atoms with E-state index in [0.29, 0.717) is 12.1 Å². The zero-order chi connectivity index (χ0) is 22.0. The summed E-state index contributed by atoms with van der Waals surface area (Å²) in [6.07, 6.45) is 2.73. The average Bonchev–Trinajstić information content (AvgIpc) is 3.17. The lowest BCUT2D eigenvalue weighted by Gasteiger charge is -2.17. The summed E-state index contributed by atoms with van der Waals surface area (Å²) >= 11 is 0. The van der Waals surface area contributed by atoms with Gasteiger partial charge in [-0.05, 0) is 67.8 Å². The highest BCUT2D eigenvalue weighted by Crippen LogP contribution is 2.31. The molecule has 0 unspecified atom stereocenters. The molecule has 1 aliphatic heterocycles. The molecule has 0 atom stereocenters. The molecule has 3 aromatic rings. The van der Waals surface area contributed by atoms with Crippen LogP contribution in [0.25, 0.3) is 5.57 Å². The number of carbonyl (C=O) groups is 2. The van der Waals surface area contributed by atoms with Crippen LogP contribution in [0.2, 0.25) is 0 Å². The molecule has 1 aromatic heterocycles. The third-order valence-electron chi connectivity index (χ3n) is 5.47. The quantitative estimate of drug-likeness (QED) is 0.656. The van der Waals surface area contributed by atoms with Crippen LogP contribution in [-0.2, 0) is 17.6 Å². The van der Waals surface area contributed by atoms with Crippen molar-refractivity contribution in [2.45, 2.75) is 26.7 Å². The van der Waals surface area contributed by atoms with Gasteiger partial charge in [-0.2, -0.15) is 0 Å². The number of nitrogens with zero attached hydrogens (tertiary/aromatic N) is 2. The number of carbonyl (C=O) groups excluding carboxylic acids is 2. The van der Waals surface area contributed by atoms with Crippen molar-refractivity contribution in [2.75, 3.05) is 16.8 Å². The molecule has 4 rings (SSSR count). The minimum absolute atomic E-state index is 0.0278. The lowest BCUT2D eigenvalue weighted by atomic mass is 9.99. The molecule has 2 amide bonds. The van der Waals surface area contributed by atoms with Crippen molar-refractivity contribution in [3.8, 4) is 0 Å². The molecular weight excluding hydrogens is 386 g/mol. The Hall–Kier alpha value is -3.73. The number of rotatable bonds is 5. The summed E-state index contributed by atoms with van der Waals surface area (Å²) < 4.78 is 0. The van der Waals surface area contributed by atoms with Gasteiger partial charge in [0.25, 0.3) is 5.91 Å². The molecule has 1 aliphatic rings. The van der Waals surface area contributed by atoms with Crippen molar-refractivity contribution in [1.82, 2.24) is 4.98 Å². The van der Waals surface area contributed by atoms with Crippen molar-refractivity contribution in [3.63, 3.8) is 0 Å². The van der Waals surface area contributed by atoms with Crippen LogP contribution < -0.4 is 10.2 Å². The first-order valence-electron chi connectivity index (χ1n) is 10.3. The van der Waals surface area contributed by atoms with E-state index in [1.807, 2.05) is 68.4 Å². The van der Waals surface area contributed by atoms with Gasteiger partial charge in [0.1, 0.15) is 0 Å². The van der Waals surface area contributed by atoms with Crippen LogP contribution in [-0.4, -0.2) is 23.3 Å². The summed E-state index contributed by atoms with van der Waals surface area (Å²) in [6.45, 7) is 8.53. The SMILES string of the molecule is C=C(C)c1cc(C)ccc1C(=O)Nc1ccc2c(c1)CCN2C(=O)Cc1ccccn1. The van der Waals surface area contributed by atoms with E-state index in [-0.39, 0.29) is 18.2 Å². The maximum absolute atomic E-state index is 12.9. The highest BCUT2D eigenvalue weighted by atomic mass is 16.2. The predicted octanol–water partition coefficient (Wildman–Crippen LogP) is 4.81. The molecule has 0 spiro atoms. The largest absolute Gasteiger partial charge is 0.322 e. The predicted molar refractivity (Wildman–Crippen MR) is 124 cm³/mol. The van der Waals surface area contributed by atoms with Gasteiger partial charge in [0.05, 0.1) is 6.42 Å². The van der Waals surface area contributed by atoms with Crippen LogP contribution in [0.4, 0.5) is 11.4 Å². The van der Waals surface area contributed by atoms with E-state index in [9.17, 15) is 9.59 Å². The minimum atomic E-state index is -0.168. The summed E-state index contributed by atoms with van der Waals surface area (Å²) in [7, 11) is 0. The lowest BCUT2D eigenvalue weighted by Crippen LogP contribution is -2.30. The smallest absolute Gasteiger partial charge is 0.256 e. The van der Waals surface area contributed by atoms with Crippen molar-refractivity contribution < 1.29 is 9.59 Å². The van der Waals surface area contributed by atoms with Crippen LogP contribution in [0.15, 0.2) is 67.4 Å². The summed E-state index contributed by atoms with van der Waals surface area (Å²) in [6, 6.07) is 17.0. The Morgan fingerprint density at radius 3 is 2.68 bits per heavy atom. The van der Waals surface area contributed by atoms with E-state index in [1.54, 1.807) is 11.1 Å². The standard InChI is InChI=1S/C26H25N3O2/c1-17(2)23-14-18(3)7-9-22(23)26(31)28-21-8-10-24-19(15-21)11-13-29(24)25(30)16-20-6-4-5-12-27-20/h4-10,12,14-15H,1,11,13,16H2,2-3H3,(H,28,31). The number of aromatic nitrogens is 1. The molecule has 0 fully saturated rings. The zero-order valence-electron chi connectivity index (χ0n) is 17.8. The van der Waals surface area contributed by atoms with Crippen LogP contribution in [0.1, 0.15) is 39.7 Å². The molecule has 2 aromatic carbocycles. The van der Waals surface area contributed by atoms with Gasteiger partial charge in [-0.1, -0.05) is 35.9 Å². The van der Waals surface area contributed by atoms with Crippen LogP contribution >= 0.6 is 0 Å². The highest BCUT2D eigenvalue weighted by molar-refractivity contribution is 6.07. The molecule has 0 radical (unpaired) electrons. The molecule has 1 N–H and O–H groups in total. The topological polar surface area (TPSA) is 62.3 Å². The van der Waals surface area contributed by atoms with Gasteiger partial charge < -0.3 is 10.2 Å². The minimum Gasteiger partial charge on any atom is -0.322 e. The number of nitrogens with one attached hydrogen (secondary N) is 1. The van der Waals surface area contributed by atoms with Crippen LogP contribution in [0, 0.1) is 6.92 Å². The second-order valence-corrected chi connectivity index (χ2v) is 7.92. The molecule has 0 saturated heterocycles. The molecule has 156 valence electrons. The Kier molecular flexibility index (Phi) is 5.67. The third-order valence-corrected chi connectivity index (χ3v) is 5.47. The fraction of sp³-hybridized carbons (Fsp3) is 0.192. The molecule has 0 bridgehead atoms. The number of amides is 2. The van der Waals surface area contributed by atoms with Crippen LogP contribution in [0.5, 0.6) is 0 Å². The van der Waals surface area contributed by atoms with Gasteiger partial charge >= 0.3 is 0 Å². The molecule has 0 saturated carbocycles. The summed E-state index contributed by atoms with van der Waals surface area (Å²) in [5, 5.41) is 2.99. The molecular formula is C26H25N3O2. The fourth-order valence-electron chi connectivity index (χ4n) is 3.90. The van der Waals surface area contributed by atoms with Gasteiger partial charge in [-0.25, -0.2) is 0 Å². The van der Waals surface area contributed by atoms with Crippen molar-refractivity contribution in [2.24, 2.45) is 0 Å². The van der Waals surface area contributed by atoms with Crippen molar-refractivity contribution >= 4 is 28.8 Å². The Bertz CT molecular complexity index is 1170. The van der Waals surface area contributed by atoms with Crippen molar-refractivity contribution in [3.05, 3.63) is 95.3 Å². The first-order chi connectivity index (χ1) is 14.9. The number of pyridine rings is 1. The number of allylic oxidation sites excluding steroid dienone is 1. The van der Waals surface area contributed by atoms with E-state index in [1.165, 1.54) is 0 Å². The maximum Gasteiger partial charge on any atom is 0.256 e. The first kappa shape index (κ1) is 20.5. The number of hydrogen-bond acceptors (Lipinski definition) is 3. The Labute approximate surface area is 182 Å². The number of benzene rings is 2. The second kappa shape index (κ2) is 8.56. The molecule has 2 heterocycles. The second-order valence-electron chi connectivity index (χ2n) is 7.92. The van der Waals surface area contributed by atoms with Gasteiger partial charge in [-0.3, -0.25) is 14.6 Å². The van der Waals surface area contributed by atoms with E-state index in [0.717, 1.165) is 45.8 Å². The van der Waals surface area contributed by atoms with Crippen LogP contribution in [0.3, 0.4) is 0 Å². The molecule has 31 heavy (non-hydrogen) atoms. The average molecular weight is 412 g/mol.